The lowest BCUT2D eigenvalue weighted by Crippen LogP contribution is -2.38. The molecule has 2 heterocycles. The SMILES string of the molecule is N#C[C@@H]1C(=O)Nc2nc(N)[nH]c(=O)c2[C@@H]1c1ccc(F)cc1. The normalized spacial score (nSPS) is 19.9. The van der Waals surface area contributed by atoms with Gasteiger partial charge in [-0.2, -0.15) is 10.2 Å². The van der Waals surface area contributed by atoms with Crippen LogP contribution in [0.25, 0.3) is 0 Å². The van der Waals surface area contributed by atoms with Crippen LogP contribution in [0.4, 0.5) is 16.2 Å². The lowest BCUT2D eigenvalue weighted by atomic mass is 9.79. The van der Waals surface area contributed by atoms with Crippen LogP contribution in [0.3, 0.4) is 0 Å². The van der Waals surface area contributed by atoms with Crippen LogP contribution in [-0.2, 0) is 4.79 Å². The number of carbonyl (C=O) groups excluding carboxylic acids is 1. The largest absolute Gasteiger partial charge is 0.369 e. The maximum absolute atomic E-state index is 13.1. The van der Waals surface area contributed by atoms with Crippen molar-refractivity contribution in [2.75, 3.05) is 11.1 Å². The van der Waals surface area contributed by atoms with Crippen molar-refractivity contribution in [3.05, 3.63) is 51.6 Å². The van der Waals surface area contributed by atoms with Gasteiger partial charge in [0.25, 0.3) is 5.56 Å². The summed E-state index contributed by atoms with van der Waals surface area (Å²) >= 11 is 0. The molecule has 4 N–H and O–H groups in total. The van der Waals surface area contributed by atoms with E-state index in [9.17, 15) is 19.2 Å². The van der Waals surface area contributed by atoms with Gasteiger partial charge < -0.3 is 11.1 Å². The first-order valence-electron chi connectivity index (χ1n) is 6.37. The Labute approximate surface area is 123 Å². The molecule has 0 radical (unpaired) electrons. The molecule has 1 aromatic carbocycles. The van der Waals surface area contributed by atoms with Crippen molar-refractivity contribution in [2.24, 2.45) is 5.92 Å². The van der Waals surface area contributed by atoms with Crippen LogP contribution in [0.2, 0.25) is 0 Å². The Morgan fingerprint density at radius 3 is 2.59 bits per heavy atom. The second-order valence-electron chi connectivity index (χ2n) is 4.84. The third-order valence-electron chi connectivity index (χ3n) is 3.51. The van der Waals surface area contributed by atoms with Gasteiger partial charge in [-0.3, -0.25) is 14.6 Å². The summed E-state index contributed by atoms with van der Waals surface area (Å²) in [5.74, 6) is -3.12. The number of carbonyl (C=O) groups is 1. The Bertz CT molecular complexity index is 853. The van der Waals surface area contributed by atoms with Crippen LogP contribution in [0, 0.1) is 23.1 Å². The average molecular weight is 299 g/mol. The van der Waals surface area contributed by atoms with E-state index >= 15 is 0 Å². The molecule has 0 bridgehead atoms. The number of aromatic amines is 1. The van der Waals surface area contributed by atoms with Gasteiger partial charge in [-0.15, -0.1) is 0 Å². The predicted molar refractivity (Wildman–Crippen MR) is 75.2 cm³/mol. The lowest BCUT2D eigenvalue weighted by molar-refractivity contribution is -0.119. The average Bonchev–Trinajstić information content (AvgIpc) is 2.46. The number of benzene rings is 1. The molecule has 7 nitrogen and oxygen atoms in total. The zero-order valence-corrected chi connectivity index (χ0v) is 11.1. The van der Waals surface area contributed by atoms with Gasteiger partial charge >= 0.3 is 0 Å². The van der Waals surface area contributed by atoms with E-state index in [1.54, 1.807) is 0 Å². The molecule has 8 heteroatoms. The number of anilines is 2. The Balaban J connectivity index is 2.26. The number of rotatable bonds is 1. The summed E-state index contributed by atoms with van der Waals surface area (Å²) in [7, 11) is 0. The van der Waals surface area contributed by atoms with Crippen molar-refractivity contribution >= 4 is 17.7 Å². The Hall–Kier alpha value is -3.21. The maximum atomic E-state index is 13.1. The second-order valence-corrected chi connectivity index (χ2v) is 4.84. The topological polar surface area (TPSA) is 125 Å². The molecule has 0 aliphatic carbocycles. The number of aromatic nitrogens is 2. The van der Waals surface area contributed by atoms with E-state index in [4.69, 9.17) is 5.73 Å². The van der Waals surface area contributed by atoms with Crippen molar-refractivity contribution in [2.45, 2.75) is 5.92 Å². The molecule has 2 aromatic rings. The highest BCUT2D eigenvalue weighted by atomic mass is 19.1. The van der Waals surface area contributed by atoms with Gasteiger partial charge in [0.15, 0.2) is 0 Å². The zero-order chi connectivity index (χ0) is 15.9. The quantitative estimate of drug-likeness (QED) is 0.715. The highest BCUT2D eigenvalue weighted by molar-refractivity contribution is 5.97. The van der Waals surface area contributed by atoms with E-state index < -0.39 is 29.1 Å². The highest BCUT2D eigenvalue weighted by Gasteiger charge is 2.40. The van der Waals surface area contributed by atoms with E-state index in [0.717, 1.165) is 0 Å². The maximum Gasteiger partial charge on any atom is 0.258 e. The zero-order valence-electron chi connectivity index (χ0n) is 11.1. The van der Waals surface area contributed by atoms with E-state index in [0.29, 0.717) is 5.56 Å². The monoisotopic (exact) mass is 299 g/mol. The Kier molecular flexibility index (Phi) is 3.10. The minimum Gasteiger partial charge on any atom is -0.369 e. The molecular weight excluding hydrogens is 289 g/mol. The first-order valence-corrected chi connectivity index (χ1v) is 6.37. The van der Waals surface area contributed by atoms with Crippen LogP contribution in [0.15, 0.2) is 29.1 Å². The van der Waals surface area contributed by atoms with Crippen molar-refractivity contribution in [1.29, 1.82) is 5.26 Å². The van der Waals surface area contributed by atoms with Gasteiger partial charge in [0, 0.05) is 5.92 Å². The fraction of sp³-hybridized carbons (Fsp3) is 0.143. The van der Waals surface area contributed by atoms with Crippen LogP contribution in [0.5, 0.6) is 0 Å². The van der Waals surface area contributed by atoms with Crippen molar-refractivity contribution < 1.29 is 9.18 Å². The molecule has 1 aliphatic rings. The number of nitrogen functional groups attached to an aromatic ring is 1. The van der Waals surface area contributed by atoms with Gasteiger partial charge in [-0.1, -0.05) is 12.1 Å². The van der Waals surface area contributed by atoms with Gasteiger partial charge in [0.05, 0.1) is 11.6 Å². The number of nitriles is 1. The van der Waals surface area contributed by atoms with Gasteiger partial charge in [0.1, 0.15) is 17.6 Å². The molecule has 0 saturated carbocycles. The summed E-state index contributed by atoms with van der Waals surface area (Å²) < 4.78 is 13.1. The van der Waals surface area contributed by atoms with Crippen molar-refractivity contribution in [3.63, 3.8) is 0 Å². The number of fused-ring (bicyclic) bond motifs is 1. The van der Waals surface area contributed by atoms with E-state index in [-0.39, 0.29) is 17.3 Å². The van der Waals surface area contributed by atoms with Gasteiger partial charge in [-0.05, 0) is 17.7 Å². The van der Waals surface area contributed by atoms with Crippen LogP contribution in [-0.4, -0.2) is 15.9 Å². The van der Waals surface area contributed by atoms with Crippen molar-refractivity contribution in [3.8, 4) is 6.07 Å². The number of nitrogens with zero attached hydrogens (tertiary/aromatic N) is 2. The van der Waals surface area contributed by atoms with Crippen molar-refractivity contribution in [1.82, 2.24) is 9.97 Å². The number of amides is 1. The number of nitrogens with two attached hydrogens (primary N) is 1. The molecule has 3 rings (SSSR count). The molecular formula is C14H10FN5O2. The fourth-order valence-electron chi connectivity index (χ4n) is 2.56. The fourth-order valence-corrected chi connectivity index (χ4v) is 2.56. The summed E-state index contributed by atoms with van der Waals surface area (Å²) in [4.78, 5) is 30.5. The smallest absolute Gasteiger partial charge is 0.258 e. The first kappa shape index (κ1) is 13.8. The molecule has 0 spiro atoms. The summed E-state index contributed by atoms with van der Waals surface area (Å²) in [5.41, 5.74) is 5.53. The summed E-state index contributed by atoms with van der Waals surface area (Å²) in [5, 5.41) is 11.7. The number of hydrogen-bond donors (Lipinski definition) is 3. The lowest BCUT2D eigenvalue weighted by Gasteiger charge is -2.28. The molecule has 0 unspecified atom stereocenters. The summed E-state index contributed by atoms with van der Waals surface area (Å²) in [6.45, 7) is 0. The molecule has 1 aliphatic heterocycles. The Morgan fingerprint density at radius 1 is 1.27 bits per heavy atom. The molecule has 0 saturated heterocycles. The third-order valence-corrected chi connectivity index (χ3v) is 3.51. The van der Waals surface area contributed by atoms with E-state index in [2.05, 4.69) is 15.3 Å². The molecule has 0 fully saturated rings. The molecule has 2 atom stereocenters. The molecule has 110 valence electrons. The Morgan fingerprint density at radius 2 is 1.95 bits per heavy atom. The first-order chi connectivity index (χ1) is 10.5. The van der Waals surface area contributed by atoms with Crippen LogP contribution < -0.4 is 16.6 Å². The predicted octanol–water partition coefficient (Wildman–Crippen LogP) is 0.715. The van der Waals surface area contributed by atoms with Gasteiger partial charge in [-0.25, -0.2) is 4.39 Å². The summed E-state index contributed by atoms with van der Waals surface area (Å²) in [6, 6.07) is 7.15. The minimum atomic E-state index is -1.12. The number of halogens is 1. The molecule has 22 heavy (non-hydrogen) atoms. The highest BCUT2D eigenvalue weighted by Crippen LogP contribution is 2.37. The molecule has 1 aromatic heterocycles. The van der Waals surface area contributed by atoms with Gasteiger partial charge in [0.2, 0.25) is 11.9 Å². The van der Waals surface area contributed by atoms with E-state index in [1.165, 1.54) is 24.3 Å². The molecule has 1 amide bonds. The minimum absolute atomic E-state index is 0.0204. The summed E-state index contributed by atoms with van der Waals surface area (Å²) in [6.07, 6.45) is 0. The third kappa shape index (κ3) is 2.09. The van der Waals surface area contributed by atoms with E-state index in [1.807, 2.05) is 6.07 Å². The second kappa shape index (κ2) is 4.96. The number of H-pyrrole nitrogens is 1. The number of nitrogens with one attached hydrogen (secondary N) is 2. The van der Waals surface area contributed by atoms with Crippen LogP contribution in [0.1, 0.15) is 17.0 Å². The van der Waals surface area contributed by atoms with Crippen LogP contribution >= 0.6 is 0 Å². The standard InChI is InChI=1S/C14H10FN5O2/c15-7-3-1-6(2-4-7)9-8(5-16)12(21)18-11-10(9)13(22)20-14(17)19-11/h1-4,8-9H,(H4,17,18,19,20,21,22)/t8-,9+/m0/s1. The number of hydrogen-bond acceptors (Lipinski definition) is 5.